The van der Waals surface area contributed by atoms with Crippen LogP contribution in [0.3, 0.4) is 0 Å². The van der Waals surface area contributed by atoms with Gasteiger partial charge in [-0.15, -0.1) is 0 Å². The zero-order chi connectivity index (χ0) is 17.1. The number of rotatable bonds is 3. The quantitative estimate of drug-likeness (QED) is 0.729. The van der Waals surface area contributed by atoms with E-state index < -0.39 is 38.1 Å². The number of carbonyl (C=O) groups excluding carboxylic acids is 2. The molecule has 0 radical (unpaired) electrons. The van der Waals surface area contributed by atoms with E-state index in [4.69, 9.17) is 9.47 Å². The Hall–Kier alpha value is -0.960. The maximum Gasteiger partial charge on any atom is 0.420 e. The van der Waals surface area contributed by atoms with Crippen molar-refractivity contribution in [2.45, 2.75) is 52.7 Å². The molecule has 0 aliphatic rings. The summed E-state index contributed by atoms with van der Waals surface area (Å²) in [6.07, 6.45) is -0.777. The minimum Gasteiger partial charge on any atom is -0.443 e. The summed E-state index contributed by atoms with van der Waals surface area (Å²) >= 11 is 0. The summed E-state index contributed by atoms with van der Waals surface area (Å²) in [7, 11) is -3.14. The van der Waals surface area contributed by atoms with Gasteiger partial charge in [0.2, 0.25) is 8.87 Å². The van der Waals surface area contributed by atoms with Gasteiger partial charge in [0.15, 0.2) is 0 Å². The zero-order valence-electron chi connectivity index (χ0n) is 13.4. The van der Waals surface area contributed by atoms with Crippen molar-refractivity contribution < 1.29 is 27.5 Å². The number of hydrogen-bond donors (Lipinski definition) is 0. The molecule has 0 saturated heterocycles. The first-order chi connectivity index (χ1) is 9.17. The van der Waals surface area contributed by atoms with Gasteiger partial charge in [0.25, 0.3) is 0 Å². The molecule has 0 aromatic heterocycles. The van der Waals surface area contributed by atoms with E-state index in [1.165, 1.54) is 6.26 Å². The van der Waals surface area contributed by atoms with Gasteiger partial charge in [-0.2, -0.15) is 4.90 Å². The van der Waals surface area contributed by atoms with Crippen LogP contribution in [0.5, 0.6) is 0 Å². The van der Waals surface area contributed by atoms with Crippen LogP contribution in [-0.4, -0.2) is 48.8 Å². The van der Waals surface area contributed by atoms with Crippen LogP contribution in [0.15, 0.2) is 0 Å². The Labute approximate surface area is 129 Å². The molecular weight excluding hydrogens is 318 g/mol. The molecule has 124 valence electrons. The lowest BCUT2D eigenvalue weighted by molar-refractivity contribution is 0.00501. The molecule has 0 aromatic carbocycles. The smallest absolute Gasteiger partial charge is 0.420 e. The van der Waals surface area contributed by atoms with Gasteiger partial charge in [-0.05, 0) is 58.6 Å². The summed E-state index contributed by atoms with van der Waals surface area (Å²) in [5.74, 6) is -0.808. The summed E-state index contributed by atoms with van der Waals surface area (Å²) in [5, 5.41) is 0. The van der Waals surface area contributed by atoms with Gasteiger partial charge in [-0.25, -0.2) is 18.0 Å². The molecular formula is C12H23NO6S2. The normalized spacial score (nSPS) is 12.7. The lowest BCUT2D eigenvalue weighted by Crippen LogP contribution is -2.45. The molecule has 2 amide bonds. The molecule has 0 heterocycles. The Kier molecular flexibility index (Phi) is 6.55. The third-order valence-corrected chi connectivity index (χ3v) is 4.69. The molecule has 9 heteroatoms. The van der Waals surface area contributed by atoms with Gasteiger partial charge in [0.05, 0.1) is 0 Å². The van der Waals surface area contributed by atoms with Crippen LogP contribution in [0.4, 0.5) is 9.59 Å². The Morgan fingerprint density at radius 1 is 0.952 bits per heavy atom. The Morgan fingerprint density at radius 3 is 1.52 bits per heavy atom. The van der Waals surface area contributed by atoms with Crippen LogP contribution in [0.2, 0.25) is 0 Å². The first-order valence-electron chi connectivity index (χ1n) is 6.19. The number of ether oxygens (including phenoxy) is 2. The highest BCUT2D eigenvalue weighted by Crippen LogP contribution is 2.18. The predicted octanol–water partition coefficient (Wildman–Crippen LogP) is 2.81. The van der Waals surface area contributed by atoms with Crippen LogP contribution in [0.25, 0.3) is 0 Å². The maximum atomic E-state index is 12.0. The molecule has 0 bridgehead atoms. The van der Waals surface area contributed by atoms with E-state index in [2.05, 4.69) is 0 Å². The van der Waals surface area contributed by atoms with Gasteiger partial charge in [0.1, 0.15) is 17.1 Å². The number of amides is 2. The number of hydrogen-bond acceptors (Lipinski definition) is 7. The maximum absolute atomic E-state index is 12.0. The van der Waals surface area contributed by atoms with Crippen molar-refractivity contribution in [3.05, 3.63) is 0 Å². The van der Waals surface area contributed by atoms with E-state index in [0.29, 0.717) is 15.7 Å². The van der Waals surface area contributed by atoms with Gasteiger partial charge in [-0.3, -0.25) is 0 Å². The highest BCUT2D eigenvalue weighted by atomic mass is 33.1. The lowest BCUT2D eigenvalue weighted by atomic mass is 10.2. The van der Waals surface area contributed by atoms with Gasteiger partial charge >= 0.3 is 12.2 Å². The molecule has 7 nitrogen and oxygen atoms in total. The predicted molar refractivity (Wildman–Crippen MR) is 81.6 cm³/mol. The van der Waals surface area contributed by atoms with Crippen molar-refractivity contribution in [2.75, 3.05) is 12.1 Å². The molecule has 0 spiro atoms. The van der Waals surface area contributed by atoms with Gasteiger partial charge in [-0.1, -0.05) is 0 Å². The topological polar surface area (TPSA) is 90.0 Å². The first-order valence-corrected chi connectivity index (χ1v) is 9.58. The van der Waals surface area contributed by atoms with Crippen molar-refractivity contribution >= 4 is 31.8 Å². The van der Waals surface area contributed by atoms with Gasteiger partial charge < -0.3 is 9.47 Å². The molecule has 0 aliphatic heterocycles. The number of nitrogens with zero attached hydrogens (tertiary/aromatic N) is 1. The SMILES string of the molecule is CSS(=O)(=O)CN(C(=O)OC(C)(C)C)C(=O)OC(C)(C)C. The third-order valence-electron chi connectivity index (χ3n) is 1.77. The molecule has 0 N–H and O–H groups in total. The zero-order valence-corrected chi connectivity index (χ0v) is 15.1. The fourth-order valence-electron chi connectivity index (χ4n) is 1.02. The highest BCUT2D eigenvalue weighted by Gasteiger charge is 2.34. The number of imide groups is 1. The van der Waals surface area contributed by atoms with Crippen LogP contribution in [0, 0.1) is 0 Å². The molecule has 0 aliphatic carbocycles. The summed E-state index contributed by atoms with van der Waals surface area (Å²) in [5.41, 5.74) is -1.72. The minimum atomic E-state index is -3.68. The second kappa shape index (κ2) is 6.87. The fraction of sp³-hybridized carbons (Fsp3) is 0.833. The van der Waals surface area contributed by atoms with Gasteiger partial charge in [0, 0.05) is 0 Å². The second-order valence-electron chi connectivity index (χ2n) is 6.24. The van der Waals surface area contributed by atoms with E-state index in [9.17, 15) is 18.0 Å². The largest absolute Gasteiger partial charge is 0.443 e. The van der Waals surface area contributed by atoms with E-state index in [1.54, 1.807) is 41.5 Å². The summed E-state index contributed by atoms with van der Waals surface area (Å²) in [6.45, 7) is 9.67. The minimum absolute atomic E-state index is 0.447. The second-order valence-corrected chi connectivity index (χ2v) is 10.5. The number of carbonyl (C=O) groups is 2. The molecule has 0 unspecified atom stereocenters. The summed E-state index contributed by atoms with van der Waals surface area (Å²) in [4.78, 5) is 24.5. The third kappa shape index (κ3) is 8.82. The lowest BCUT2D eigenvalue weighted by Gasteiger charge is -2.28. The average molecular weight is 341 g/mol. The molecule has 21 heavy (non-hydrogen) atoms. The van der Waals surface area contributed by atoms with Crippen molar-refractivity contribution in [2.24, 2.45) is 0 Å². The van der Waals surface area contributed by atoms with E-state index in [0.717, 1.165) is 0 Å². The summed E-state index contributed by atoms with van der Waals surface area (Å²) in [6, 6.07) is 0. The molecule has 0 aromatic rings. The highest BCUT2D eigenvalue weighted by molar-refractivity contribution is 8.71. The first kappa shape index (κ1) is 20.0. The monoisotopic (exact) mass is 341 g/mol. The van der Waals surface area contributed by atoms with Crippen molar-refractivity contribution in [1.29, 1.82) is 0 Å². The average Bonchev–Trinajstić information content (AvgIpc) is 2.21. The van der Waals surface area contributed by atoms with Crippen LogP contribution >= 0.6 is 10.8 Å². The molecule has 0 rings (SSSR count). The van der Waals surface area contributed by atoms with Crippen molar-refractivity contribution in [3.63, 3.8) is 0 Å². The Bertz CT molecular complexity index is 459. The molecule has 0 fully saturated rings. The standard InChI is InChI=1S/C12H23NO6S2/c1-11(2,3)18-9(14)13(8-21(16,17)20-7)10(15)19-12(4,5)6/h8H2,1-7H3. The van der Waals surface area contributed by atoms with Crippen molar-refractivity contribution in [3.8, 4) is 0 Å². The van der Waals surface area contributed by atoms with E-state index in [1.807, 2.05) is 0 Å². The Balaban J connectivity index is 5.29. The molecule has 0 atom stereocenters. The fourth-order valence-corrected chi connectivity index (χ4v) is 2.29. The van der Waals surface area contributed by atoms with Crippen LogP contribution in [0.1, 0.15) is 41.5 Å². The summed E-state index contributed by atoms with van der Waals surface area (Å²) < 4.78 is 33.4. The van der Waals surface area contributed by atoms with Crippen LogP contribution in [-0.2, 0) is 18.3 Å². The Morgan fingerprint density at radius 2 is 1.29 bits per heavy atom. The van der Waals surface area contributed by atoms with Crippen molar-refractivity contribution in [1.82, 2.24) is 4.90 Å². The van der Waals surface area contributed by atoms with E-state index >= 15 is 0 Å². The molecule has 0 saturated carbocycles. The van der Waals surface area contributed by atoms with Crippen LogP contribution < -0.4 is 0 Å². The van der Waals surface area contributed by atoms with E-state index in [-0.39, 0.29) is 0 Å².